The van der Waals surface area contributed by atoms with Crippen molar-refractivity contribution in [3.63, 3.8) is 0 Å². The highest BCUT2D eigenvalue weighted by Crippen LogP contribution is 2.27. The molecule has 0 spiro atoms. The fourth-order valence-corrected chi connectivity index (χ4v) is 3.58. The first-order chi connectivity index (χ1) is 11.2. The van der Waals surface area contributed by atoms with E-state index in [1.807, 2.05) is 0 Å². The zero-order valence-electron chi connectivity index (χ0n) is 13.6. The van der Waals surface area contributed by atoms with Crippen LogP contribution in [0, 0.1) is 5.92 Å². The molecule has 126 valence electrons. The number of carbonyl (C=O) groups excluding carboxylic acids is 1. The van der Waals surface area contributed by atoms with Crippen molar-refractivity contribution in [1.29, 1.82) is 0 Å². The third-order valence-electron chi connectivity index (χ3n) is 5.08. The number of carbonyl (C=O) groups is 1. The van der Waals surface area contributed by atoms with E-state index in [2.05, 4.69) is 20.2 Å². The van der Waals surface area contributed by atoms with E-state index in [9.17, 15) is 9.90 Å². The van der Waals surface area contributed by atoms with Gasteiger partial charge < -0.3 is 15.3 Å². The summed E-state index contributed by atoms with van der Waals surface area (Å²) in [7, 11) is 0. The van der Waals surface area contributed by atoms with Crippen LogP contribution >= 0.6 is 0 Å². The quantitative estimate of drug-likeness (QED) is 0.880. The number of aromatic nitrogens is 2. The van der Waals surface area contributed by atoms with Gasteiger partial charge in [0.15, 0.2) is 0 Å². The normalized spacial score (nSPS) is 21.9. The first kappa shape index (κ1) is 16.2. The number of hydrogen-bond acceptors (Lipinski definition) is 5. The van der Waals surface area contributed by atoms with E-state index in [0.717, 1.165) is 57.6 Å². The number of nitrogens with zero attached hydrogens (tertiary/aromatic N) is 3. The van der Waals surface area contributed by atoms with Gasteiger partial charge in [0, 0.05) is 37.9 Å². The number of amides is 1. The van der Waals surface area contributed by atoms with Crippen molar-refractivity contribution in [2.45, 2.75) is 50.5 Å². The first-order valence-corrected chi connectivity index (χ1v) is 8.68. The van der Waals surface area contributed by atoms with Crippen LogP contribution in [0.15, 0.2) is 18.5 Å². The molecule has 6 nitrogen and oxygen atoms in total. The average Bonchev–Trinajstić information content (AvgIpc) is 2.61. The highest BCUT2D eigenvalue weighted by molar-refractivity contribution is 5.79. The molecule has 1 amide bonds. The summed E-state index contributed by atoms with van der Waals surface area (Å²) in [4.78, 5) is 23.0. The monoisotopic (exact) mass is 318 g/mol. The molecule has 0 unspecified atom stereocenters. The molecule has 0 bridgehead atoms. The fourth-order valence-electron chi connectivity index (χ4n) is 3.58. The molecule has 1 saturated heterocycles. The minimum Gasteiger partial charge on any atom is -0.388 e. The van der Waals surface area contributed by atoms with Gasteiger partial charge >= 0.3 is 0 Å². The Balaban J connectivity index is 1.45. The second-order valence-corrected chi connectivity index (χ2v) is 6.81. The van der Waals surface area contributed by atoms with Crippen LogP contribution in [0.1, 0.15) is 44.9 Å². The van der Waals surface area contributed by atoms with E-state index >= 15 is 0 Å². The van der Waals surface area contributed by atoms with Crippen LogP contribution in [0.2, 0.25) is 0 Å². The molecule has 0 radical (unpaired) electrons. The Kier molecular flexibility index (Phi) is 5.10. The van der Waals surface area contributed by atoms with Crippen molar-refractivity contribution in [2.24, 2.45) is 5.92 Å². The van der Waals surface area contributed by atoms with Gasteiger partial charge in [-0.3, -0.25) is 4.79 Å². The van der Waals surface area contributed by atoms with Crippen LogP contribution in [0.4, 0.5) is 5.95 Å². The van der Waals surface area contributed by atoms with Gasteiger partial charge in [0.25, 0.3) is 0 Å². The second-order valence-electron chi connectivity index (χ2n) is 6.81. The lowest BCUT2D eigenvalue weighted by molar-refractivity contribution is -0.127. The molecule has 3 rings (SSSR count). The van der Waals surface area contributed by atoms with Crippen molar-refractivity contribution in [3.05, 3.63) is 18.5 Å². The van der Waals surface area contributed by atoms with E-state index in [0.29, 0.717) is 6.54 Å². The van der Waals surface area contributed by atoms with Crippen molar-refractivity contribution in [2.75, 3.05) is 24.5 Å². The summed E-state index contributed by atoms with van der Waals surface area (Å²) < 4.78 is 0. The Morgan fingerprint density at radius 3 is 2.52 bits per heavy atom. The van der Waals surface area contributed by atoms with Crippen molar-refractivity contribution in [3.8, 4) is 0 Å². The predicted octanol–water partition coefficient (Wildman–Crippen LogP) is 1.50. The molecular formula is C17H26N4O2. The highest BCUT2D eigenvalue weighted by atomic mass is 16.3. The molecule has 2 aliphatic rings. The highest BCUT2D eigenvalue weighted by Gasteiger charge is 2.31. The van der Waals surface area contributed by atoms with Gasteiger partial charge in [-0.1, -0.05) is 19.3 Å². The van der Waals surface area contributed by atoms with E-state index in [4.69, 9.17) is 0 Å². The number of anilines is 1. The third kappa shape index (κ3) is 4.19. The summed E-state index contributed by atoms with van der Waals surface area (Å²) in [6, 6.07) is 1.81. The Hall–Kier alpha value is -1.69. The summed E-state index contributed by atoms with van der Waals surface area (Å²) >= 11 is 0. The molecule has 1 aliphatic carbocycles. The van der Waals surface area contributed by atoms with Crippen LogP contribution in [0.25, 0.3) is 0 Å². The maximum absolute atomic E-state index is 12.4. The van der Waals surface area contributed by atoms with E-state index < -0.39 is 5.60 Å². The topological polar surface area (TPSA) is 78.4 Å². The lowest BCUT2D eigenvalue weighted by atomic mass is 9.84. The molecule has 1 saturated carbocycles. The second kappa shape index (κ2) is 7.25. The SMILES string of the molecule is O=C(NCC1(O)CCCCC1)C1CCN(c2ncccn2)CC1. The number of hydrogen-bond donors (Lipinski definition) is 2. The van der Waals surface area contributed by atoms with Crippen LogP contribution in [-0.4, -0.2) is 46.2 Å². The molecule has 2 fully saturated rings. The minimum absolute atomic E-state index is 0.0298. The summed E-state index contributed by atoms with van der Waals surface area (Å²) in [6.45, 7) is 1.99. The Labute approximate surface area is 137 Å². The molecule has 2 N–H and O–H groups in total. The average molecular weight is 318 g/mol. The smallest absolute Gasteiger partial charge is 0.225 e. The third-order valence-corrected chi connectivity index (χ3v) is 5.08. The number of aliphatic hydroxyl groups is 1. The molecule has 6 heteroatoms. The predicted molar refractivity (Wildman–Crippen MR) is 88.0 cm³/mol. The van der Waals surface area contributed by atoms with Gasteiger partial charge in [-0.05, 0) is 31.7 Å². The zero-order valence-corrected chi connectivity index (χ0v) is 13.6. The Morgan fingerprint density at radius 2 is 1.87 bits per heavy atom. The molecule has 1 aliphatic heterocycles. The summed E-state index contributed by atoms with van der Waals surface area (Å²) in [5.74, 6) is 0.850. The van der Waals surface area contributed by atoms with Crippen molar-refractivity contribution < 1.29 is 9.90 Å². The molecule has 1 aromatic rings. The van der Waals surface area contributed by atoms with Crippen LogP contribution in [0.3, 0.4) is 0 Å². The Bertz CT molecular complexity index is 509. The van der Waals surface area contributed by atoms with Crippen molar-refractivity contribution in [1.82, 2.24) is 15.3 Å². The lowest BCUT2D eigenvalue weighted by Gasteiger charge is -2.34. The van der Waals surface area contributed by atoms with Crippen LogP contribution < -0.4 is 10.2 Å². The molecule has 0 aromatic carbocycles. The van der Waals surface area contributed by atoms with Gasteiger partial charge in [-0.25, -0.2) is 9.97 Å². The fraction of sp³-hybridized carbons (Fsp3) is 0.706. The van der Waals surface area contributed by atoms with Gasteiger partial charge in [0.1, 0.15) is 0 Å². The lowest BCUT2D eigenvalue weighted by Crippen LogP contribution is -2.47. The van der Waals surface area contributed by atoms with E-state index in [1.165, 1.54) is 6.42 Å². The standard InChI is InChI=1S/C17H26N4O2/c22-15(20-13-17(23)7-2-1-3-8-17)14-5-11-21(12-6-14)16-18-9-4-10-19-16/h4,9-10,14,23H,1-3,5-8,11-13H2,(H,20,22). The number of rotatable bonds is 4. The summed E-state index contributed by atoms with van der Waals surface area (Å²) in [5, 5.41) is 13.4. The van der Waals surface area contributed by atoms with Gasteiger partial charge in [-0.15, -0.1) is 0 Å². The molecule has 1 aromatic heterocycles. The van der Waals surface area contributed by atoms with E-state index in [1.54, 1.807) is 18.5 Å². The number of piperidine rings is 1. The van der Waals surface area contributed by atoms with Crippen LogP contribution in [0.5, 0.6) is 0 Å². The molecule has 23 heavy (non-hydrogen) atoms. The van der Waals surface area contributed by atoms with Gasteiger partial charge in [-0.2, -0.15) is 0 Å². The maximum atomic E-state index is 12.4. The Morgan fingerprint density at radius 1 is 1.22 bits per heavy atom. The van der Waals surface area contributed by atoms with Crippen molar-refractivity contribution >= 4 is 11.9 Å². The van der Waals surface area contributed by atoms with Gasteiger partial charge in [0.05, 0.1) is 5.60 Å². The van der Waals surface area contributed by atoms with Crippen LogP contribution in [-0.2, 0) is 4.79 Å². The minimum atomic E-state index is -0.688. The largest absolute Gasteiger partial charge is 0.388 e. The van der Waals surface area contributed by atoms with Gasteiger partial charge in [0.2, 0.25) is 11.9 Å². The number of nitrogens with one attached hydrogen (secondary N) is 1. The summed E-state index contributed by atoms with van der Waals surface area (Å²) in [5.41, 5.74) is -0.688. The molecular weight excluding hydrogens is 292 g/mol. The molecule has 0 atom stereocenters. The van der Waals surface area contributed by atoms with E-state index in [-0.39, 0.29) is 11.8 Å². The summed E-state index contributed by atoms with van der Waals surface area (Å²) in [6.07, 6.45) is 10.0. The zero-order chi connectivity index (χ0) is 16.1. The molecule has 2 heterocycles. The first-order valence-electron chi connectivity index (χ1n) is 8.68. The maximum Gasteiger partial charge on any atom is 0.225 e.